The second kappa shape index (κ2) is 7.46. The van der Waals surface area contributed by atoms with Crippen LogP contribution in [0.3, 0.4) is 0 Å². The lowest BCUT2D eigenvalue weighted by molar-refractivity contribution is -0.264. The van der Waals surface area contributed by atoms with Gasteiger partial charge in [-0.2, -0.15) is 0 Å². The maximum Gasteiger partial charge on any atom is 0.205 e. The maximum atomic E-state index is 11.0. The molecule has 25 heavy (non-hydrogen) atoms. The van der Waals surface area contributed by atoms with E-state index >= 15 is 0 Å². The number of phenolic OH excluding ortho intramolecular Hbond substituents is 1. The van der Waals surface area contributed by atoms with Crippen molar-refractivity contribution < 1.29 is 14.9 Å². The number of benzene rings is 2. The molecule has 0 radical (unpaired) electrons. The van der Waals surface area contributed by atoms with Crippen molar-refractivity contribution in [3.63, 3.8) is 0 Å². The van der Waals surface area contributed by atoms with Crippen molar-refractivity contribution in [3.05, 3.63) is 54.1 Å². The molecule has 2 aliphatic rings. The molecule has 0 saturated carbocycles. The van der Waals surface area contributed by atoms with Gasteiger partial charge in [0.25, 0.3) is 0 Å². The fourth-order valence-electron chi connectivity index (χ4n) is 3.76. The summed E-state index contributed by atoms with van der Waals surface area (Å²) >= 11 is 0. The summed E-state index contributed by atoms with van der Waals surface area (Å²) in [4.78, 5) is 2.36. The predicted molar refractivity (Wildman–Crippen MR) is 103 cm³/mol. The van der Waals surface area contributed by atoms with Gasteiger partial charge in [0, 0.05) is 11.6 Å². The van der Waals surface area contributed by atoms with Crippen LogP contribution in [0.15, 0.2) is 48.5 Å². The monoisotopic (exact) mass is 405 g/mol. The van der Waals surface area contributed by atoms with Gasteiger partial charge in [0.05, 0.1) is 13.2 Å². The van der Waals surface area contributed by atoms with Crippen molar-refractivity contribution in [2.75, 3.05) is 19.7 Å². The first-order chi connectivity index (χ1) is 11.6. The molecule has 0 aliphatic carbocycles. The molecule has 5 heteroatoms. The van der Waals surface area contributed by atoms with Crippen LogP contribution in [0.1, 0.15) is 24.8 Å². The van der Waals surface area contributed by atoms with Crippen LogP contribution >= 0.6 is 17.0 Å². The first-order valence-corrected chi connectivity index (χ1v) is 8.64. The first kappa shape index (κ1) is 18.4. The summed E-state index contributed by atoms with van der Waals surface area (Å²) in [5.74, 6) is -0.960. The Morgan fingerprint density at radius 2 is 1.60 bits per heavy atom. The number of halogens is 1. The van der Waals surface area contributed by atoms with Gasteiger partial charge in [-0.1, -0.05) is 42.8 Å². The van der Waals surface area contributed by atoms with E-state index in [-0.39, 0.29) is 22.7 Å². The second-order valence-corrected chi connectivity index (χ2v) is 6.84. The summed E-state index contributed by atoms with van der Waals surface area (Å²) in [6.45, 7) is 2.17. The average molecular weight is 406 g/mol. The molecule has 2 aromatic rings. The number of aliphatic hydroxyl groups is 1. The normalized spacial score (nSPS) is 26.5. The van der Waals surface area contributed by atoms with Crippen LogP contribution in [0.5, 0.6) is 5.75 Å². The van der Waals surface area contributed by atoms with Gasteiger partial charge in [-0.25, -0.2) is 0 Å². The molecule has 2 heterocycles. The molecule has 2 aliphatic heterocycles. The van der Waals surface area contributed by atoms with Gasteiger partial charge in [-0.3, -0.25) is 4.90 Å². The van der Waals surface area contributed by atoms with Crippen molar-refractivity contribution in [2.24, 2.45) is 0 Å². The Bertz CT molecular complexity index is 704. The fraction of sp³-hybridized carbons (Fsp3) is 0.400. The molecule has 2 aromatic carbocycles. The van der Waals surface area contributed by atoms with Crippen LogP contribution < -0.4 is 0 Å². The number of piperidine rings is 1. The number of ether oxygens (including phenoxy) is 1. The summed E-state index contributed by atoms with van der Waals surface area (Å²) in [6.07, 6.45) is 3.62. The third-order valence-corrected chi connectivity index (χ3v) is 5.22. The number of hydrogen-bond donors (Lipinski definition) is 2. The standard InChI is InChI=1S/C20H23NO3.BrH/c22-19-10-6-16(7-11-19)15-4-8-17(9-5-15)20(23)14-21-12-2-1-3-18(21)13-24-20;/h4-11,18,22-23H,1-3,12-14H2;1H. The number of rotatable bonds is 2. The molecule has 0 spiro atoms. The fourth-order valence-corrected chi connectivity index (χ4v) is 3.76. The molecule has 4 nitrogen and oxygen atoms in total. The van der Waals surface area contributed by atoms with Gasteiger partial charge in [0.2, 0.25) is 5.79 Å². The SMILES string of the molecule is Br.Oc1ccc(-c2ccc(C3(O)CN4CCCCC4CO3)cc2)cc1. The molecule has 2 N–H and O–H groups in total. The van der Waals surface area contributed by atoms with E-state index in [0.717, 1.165) is 29.7 Å². The molecule has 2 unspecified atom stereocenters. The van der Waals surface area contributed by atoms with E-state index < -0.39 is 5.79 Å². The van der Waals surface area contributed by atoms with E-state index in [4.69, 9.17) is 4.74 Å². The molecule has 2 atom stereocenters. The third-order valence-electron chi connectivity index (χ3n) is 5.22. The topological polar surface area (TPSA) is 52.9 Å². The molecule has 2 fully saturated rings. The highest BCUT2D eigenvalue weighted by atomic mass is 79.9. The Labute approximate surface area is 158 Å². The highest BCUT2D eigenvalue weighted by Gasteiger charge is 2.41. The lowest BCUT2D eigenvalue weighted by Gasteiger charge is -2.46. The zero-order valence-corrected chi connectivity index (χ0v) is 15.8. The third kappa shape index (κ3) is 3.75. The van der Waals surface area contributed by atoms with E-state index in [0.29, 0.717) is 19.2 Å². The Hall–Kier alpha value is -1.40. The zero-order valence-electron chi connectivity index (χ0n) is 14.1. The van der Waals surface area contributed by atoms with Crippen molar-refractivity contribution in [2.45, 2.75) is 31.1 Å². The van der Waals surface area contributed by atoms with E-state index in [1.807, 2.05) is 36.4 Å². The Morgan fingerprint density at radius 3 is 2.28 bits per heavy atom. The van der Waals surface area contributed by atoms with Gasteiger partial charge in [-0.05, 0) is 42.6 Å². The minimum Gasteiger partial charge on any atom is -0.508 e. The minimum atomic E-state index is -1.22. The second-order valence-electron chi connectivity index (χ2n) is 6.84. The molecular formula is C20H24BrNO3. The van der Waals surface area contributed by atoms with Gasteiger partial charge < -0.3 is 14.9 Å². The maximum absolute atomic E-state index is 11.0. The van der Waals surface area contributed by atoms with E-state index in [2.05, 4.69) is 4.90 Å². The lowest BCUT2D eigenvalue weighted by atomic mass is 9.95. The average Bonchev–Trinajstić information content (AvgIpc) is 2.62. The van der Waals surface area contributed by atoms with Gasteiger partial charge in [0.15, 0.2) is 0 Å². The van der Waals surface area contributed by atoms with Crippen LogP contribution in [0.4, 0.5) is 0 Å². The lowest BCUT2D eigenvalue weighted by Crippen LogP contribution is -2.56. The molecule has 0 bridgehead atoms. The number of fused-ring (bicyclic) bond motifs is 1. The predicted octanol–water partition coefficient (Wildman–Crippen LogP) is 3.67. The number of phenols is 1. The van der Waals surface area contributed by atoms with Crippen molar-refractivity contribution in [1.29, 1.82) is 0 Å². The summed E-state index contributed by atoms with van der Waals surface area (Å²) < 4.78 is 5.86. The zero-order chi connectivity index (χ0) is 16.6. The molecular weight excluding hydrogens is 382 g/mol. The smallest absolute Gasteiger partial charge is 0.205 e. The molecule has 134 valence electrons. The molecule has 2 saturated heterocycles. The van der Waals surface area contributed by atoms with Crippen molar-refractivity contribution in [1.82, 2.24) is 4.90 Å². The van der Waals surface area contributed by atoms with E-state index in [1.165, 1.54) is 12.8 Å². The summed E-state index contributed by atoms with van der Waals surface area (Å²) in [5.41, 5.74) is 2.88. The van der Waals surface area contributed by atoms with Crippen LogP contribution in [-0.2, 0) is 10.5 Å². The van der Waals surface area contributed by atoms with Crippen molar-refractivity contribution in [3.8, 4) is 16.9 Å². The minimum absolute atomic E-state index is 0. The highest BCUT2D eigenvalue weighted by molar-refractivity contribution is 8.93. The van der Waals surface area contributed by atoms with Gasteiger partial charge >= 0.3 is 0 Å². The Kier molecular flexibility index (Phi) is 5.49. The highest BCUT2D eigenvalue weighted by Crippen LogP contribution is 2.33. The Balaban J connectivity index is 0.00000182. The molecule has 0 aromatic heterocycles. The van der Waals surface area contributed by atoms with Crippen LogP contribution in [0.2, 0.25) is 0 Å². The summed E-state index contributed by atoms with van der Waals surface area (Å²) in [5, 5.41) is 20.4. The number of aromatic hydroxyl groups is 1. The number of hydrogen-bond acceptors (Lipinski definition) is 4. The Morgan fingerprint density at radius 1 is 0.960 bits per heavy atom. The summed E-state index contributed by atoms with van der Waals surface area (Å²) in [7, 11) is 0. The number of nitrogens with zero attached hydrogens (tertiary/aromatic N) is 1. The van der Waals surface area contributed by atoms with Crippen LogP contribution in [0.25, 0.3) is 11.1 Å². The van der Waals surface area contributed by atoms with Crippen LogP contribution in [-0.4, -0.2) is 40.9 Å². The van der Waals surface area contributed by atoms with Crippen LogP contribution in [0, 0.1) is 0 Å². The quantitative estimate of drug-likeness (QED) is 0.799. The van der Waals surface area contributed by atoms with Crippen molar-refractivity contribution >= 4 is 17.0 Å². The molecule has 4 rings (SSSR count). The van der Waals surface area contributed by atoms with Gasteiger partial charge in [0.1, 0.15) is 5.75 Å². The summed E-state index contributed by atoms with van der Waals surface area (Å²) in [6, 6.07) is 15.4. The van der Waals surface area contributed by atoms with Gasteiger partial charge in [-0.15, -0.1) is 17.0 Å². The number of morpholine rings is 1. The molecule has 0 amide bonds. The largest absolute Gasteiger partial charge is 0.508 e. The van der Waals surface area contributed by atoms with E-state index in [1.54, 1.807) is 12.1 Å². The van der Waals surface area contributed by atoms with E-state index in [9.17, 15) is 10.2 Å². The first-order valence-electron chi connectivity index (χ1n) is 8.64.